The summed E-state index contributed by atoms with van der Waals surface area (Å²) in [5, 5.41) is 20.0. The molecule has 1 saturated heterocycles. The maximum absolute atomic E-state index is 12.9. The molecule has 1 saturated carbocycles. The monoisotopic (exact) mass is 441 g/mol. The van der Waals surface area contributed by atoms with Crippen molar-refractivity contribution >= 4 is 34.9 Å². The average molecular weight is 442 g/mol. The van der Waals surface area contributed by atoms with Gasteiger partial charge in [0.25, 0.3) is 5.91 Å². The van der Waals surface area contributed by atoms with Crippen molar-refractivity contribution in [1.29, 1.82) is 0 Å². The van der Waals surface area contributed by atoms with Gasteiger partial charge in [-0.25, -0.2) is 4.98 Å². The number of fused-ring (bicyclic) bond motifs is 1. The number of nitrogens with zero attached hydrogens (tertiary/aromatic N) is 4. The number of piperidine rings is 1. The van der Waals surface area contributed by atoms with Gasteiger partial charge < -0.3 is 15.3 Å². The number of aliphatic hydroxyl groups excluding tert-OH is 1. The molecule has 1 amide bonds. The Morgan fingerprint density at radius 3 is 2.65 bits per heavy atom. The second-order valence-corrected chi connectivity index (χ2v) is 10.2. The number of hydrazone groups is 1. The zero-order valence-electron chi connectivity index (χ0n) is 18.0. The van der Waals surface area contributed by atoms with Crippen molar-refractivity contribution in [3.05, 3.63) is 29.3 Å². The summed E-state index contributed by atoms with van der Waals surface area (Å²) in [7, 11) is 0. The van der Waals surface area contributed by atoms with E-state index in [9.17, 15) is 9.90 Å². The van der Waals surface area contributed by atoms with Gasteiger partial charge in [0.2, 0.25) is 0 Å². The van der Waals surface area contributed by atoms with Crippen LogP contribution < -0.4 is 10.2 Å². The number of thioether (sulfide) groups is 1. The Balaban J connectivity index is 1.20. The van der Waals surface area contributed by atoms with Gasteiger partial charge in [-0.2, -0.15) is 5.10 Å². The number of nitrogens with one attached hydrogen (secondary N) is 1. The molecule has 0 radical (unpaired) electrons. The average Bonchev–Trinajstić information content (AvgIpc) is 3.36. The standard InChI is InChI=1S/C23H31N5O2S/c1-15-19-13-20(31-23(19)28(26-15)17-5-3-2-4-6-17)22(30)25-16-7-8-21(24-14-16)27-11-9-18(29)10-12-27/h7-8,13-14,17-19,23,29H,2-6,9-12H2,1H3,(H,25,30). The summed E-state index contributed by atoms with van der Waals surface area (Å²) in [5.41, 5.74) is 1.82. The van der Waals surface area contributed by atoms with Crippen LogP contribution in [-0.4, -0.2) is 57.3 Å². The van der Waals surface area contributed by atoms with Crippen molar-refractivity contribution in [2.45, 2.75) is 69.4 Å². The van der Waals surface area contributed by atoms with Gasteiger partial charge in [0.05, 0.1) is 28.8 Å². The number of carbonyl (C=O) groups is 1. The number of anilines is 2. The zero-order chi connectivity index (χ0) is 21.4. The number of hydrogen-bond donors (Lipinski definition) is 2. The Morgan fingerprint density at radius 2 is 1.94 bits per heavy atom. The van der Waals surface area contributed by atoms with Crippen molar-refractivity contribution in [3.8, 4) is 0 Å². The van der Waals surface area contributed by atoms with Crippen LogP contribution >= 0.6 is 11.8 Å². The number of carbonyl (C=O) groups excluding carboxylic acids is 1. The predicted octanol–water partition coefficient (Wildman–Crippen LogP) is 3.58. The van der Waals surface area contributed by atoms with E-state index in [0.717, 1.165) is 42.4 Å². The van der Waals surface area contributed by atoms with Gasteiger partial charge in [-0.15, -0.1) is 0 Å². The van der Waals surface area contributed by atoms with E-state index in [2.05, 4.69) is 33.2 Å². The quantitative estimate of drug-likeness (QED) is 0.743. The number of aromatic nitrogens is 1. The third-order valence-corrected chi connectivity index (χ3v) is 8.20. The molecule has 4 heterocycles. The Bertz CT molecular complexity index is 872. The van der Waals surface area contributed by atoms with E-state index in [1.165, 1.54) is 32.1 Å². The molecule has 5 rings (SSSR count). The van der Waals surface area contributed by atoms with E-state index >= 15 is 0 Å². The third kappa shape index (κ3) is 4.32. The summed E-state index contributed by atoms with van der Waals surface area (Å²) < 4.78 is 0. The van der Waals surface area contributed by atoms with Crippen LogP contribution in [-0.2, 0) is 4.79 Å². The largest absolute Gasteiger partial charge is 0.393 e. The van der Waals surface area contributed by atoms with Crippen LogP contribution in [0.15, 0.2) is 34.4 Å². The summed E-state index contributed by atoms with van der Waals surface area (Å²) in [4.78, 5) is 20.4. The fourth-order valence-corrected chi connectivity index (χ4v) is 6.43. The molecular formula is C23H31N5O2S. The molecule has 1 aromatic heterocycles. The minimum Gasteiger partial charge on any atom is -0.393 e. The summed E-state index contributed by atoms with van der Waals surface area (Å²) in [6.07, 6.45) is 11.4. The van der Waals surface area contributed by atoms with Crippen LogP contribution in [0.25, 0.3) is 0 Å². The van der Waals surface area contributed by atoms with Gasteiger partial charge in [0.15, 0.2) is 0 Å². The highest BCUT2D eigenvalue weighted by Crippen LogP contribution is 2.45. The second-order valence-electron chi connectivity index (χ2n) is 9.06. The van der Waals surface area contributed by atoms with Crippen LogP contribution in [0.3, 0.4) is 0 Å². The van der Waals surface area contributed by atoms with E-state index in [1.54, 1.807) is 18.0 Å². The SMILES string of the molecule is CC1=NN(C2CCCCC2)C2SC(C(=O)Nc3ccc(N4CCC(O)CC4)nc3)=CC12. The molecule has 1 aromatic rings. The molecule has 2 N–H and O–H groups in total. The molecular weight excluding hydrogens is 410 g/mol. The van der Waals surface area contributed by atoms with E-state index < -0.39 is 0 Å². The molecule has 166 valence electrons. The number of amides is 1. The Morgan fingerprint density at radius 1 is 1.16 bits per heavy atom. The number of pyridine rings is 1. The lowest BCUT2D eigenvalue weighted by atomic mass is 9.94. The van der Waals surface area contributed by atoms with Crippen LogP contribution in [0.5, 0.6) is 0 Å². The molecule has 2 atom stereocenters. The summed E-state index contributed by atoms with van der Waals surface area (Å²) in [5.74, 6) is 1.05. The Labute approximate surface area is 188 Å². The number of aliphatic hydroxyl groups is 1. The van der Waals surface area contributed by atoms with Gasteiger partial charge >= 0.3 is 0 Å². The van der Waals surface area contributed by atoms with E-state index in [0.29, 0.717) is 11.7 Å². The van der Waals surface area contributed by atoms with Crippen molar-refractivity contribution in [1.82, 2.24) is 9.99 Å². The molecule has 1 aliphatic carbocycles. The van der Waals surface area contributed by atoms with Crippen LogP contribution in [0.2, 0.25) is 0 Å². The third-order valence-electron chi connectivity index (χ3n) is 6.87. The lowest BCUT2D eigenvalue weighted by Gasteiger charge is -2.34. The summed E-state index contributed by atoms with van der Waals surface area (Å²) >= 11 is 1.65. The van der Waals surface area contributed by atoms with E-state index in [1.807, 2.05) is 12.1 Å². The molecule has 2 fully saturated rings. The smallest absolute Gasteiger partial charge is 0.261 e. The van der Waals surface area contributed by atoms with E-state index in [-0.39, 0.29) is 23.3 Å². The van der Waals surface area contributed by atoms with Gasteiger partial charge in [-0.05, 0) is 44.7 Å². The molecule has 8 heteroatoms. The minimum absolute atomic E-state index is 0.0635. The van der Waals surface area contributed by atoms with Gasteiger partial charge in [0.1, 0.15) is 11.2 Å². The van der Waals surface area contributed by atoms with Crippen molar-refractivity contribution < 1.29 is 9.90 Å². The van der Waals surface area contributed by atoms with Crippen molar-refractivity contribution in [2.24, 2.45) is 11.0 Å². The lowest BCUT2D eigenvalue weighted by Crippen LogP contribution is -2.37. The van der Waals surface area contributed by atoms with Crippen LogP contribution in [0.1, 0.15) is 51.9 Å². The van der Waals surface area contributed by atoms with Crippen molar-refractivity contribution in [2.75, 3.05) is 23.3 Å². The topological polar surface area (TPSA) is 81.1 Å². The molecule has 7 nitrogen and oxygen atoms in total. The molecule has 0 spiro atoms. The predicted molar refractivity (Wildman–Crippen MR) is 125 cm³/mol. The van der Waals surface area contributed by atoms with Gasteiger partial charge in [0, 0.05) is 24.8 Å². The highest BCUT2D eigenvalue weighted by Gasteiger charge is 2.43. The molecule has 3 aliphatic heterocycles. The first kappa shape index (κ1) is 20.8. The first-order valence-electron chi connectivity index (χ1n) is 11.5. The normalized spacial score (nSPS) is 27.2. The first-order chi connectivity index (χ1) is 15.1. The summed E-state index contributed by atoms with van der Waals surface area (Å²) in [6.45, 7) is 3.70. The number of rotatable bonds is 4. The van der Waals surface area contributed by atoms with Crippen LogP contribution in [0.4, 0.5) is 11.5 Å². The Hall–Kier alpha value is -2.06. The maximum Gasteiger partial charge on any atom is 0.261 e. The molecule has 0 aromatic carbocycles. The number of hydrogen-bond acceptors (Lipinski definition) is 7. The highest BCUT2D eigenvalue weighted by molar-refractivity contribution is 8.04. The minimum atomic E-state index is -0.200. The molecule has 0 bridgehead atoms. The fourth-order valence-electron chi connectivity index (χ4n) is 5.04. The maximum atomic E-state index is 12.9. The van der Waals surface area contributed by atoms with Crippen molar-refractivity contribution in [3.63, 3.8) is 0 Å². The fraction of sp³-hybridized carbons (Fsp3) is 0.609. The first-order valence-corrected chi connectivity index (χ1v) is 12.4. The second kappa shape index (κ2) is 8.82. The van der Waals surface area contributed by atoms with Gasteiger partial charge in [-0.1, -0.05) is 37.1 Å². The lowest BCUT2D eigenvalue weighted by molar-refractivity contribution is -0.112. The van der Waals surface area contributed by atoms with Gasteiger partial charge in [-0.3, -0.25) is 9.80 Å². The van der Waals surface area contributed by atoms with E-state index in [4.69, 9.17) is 5.10 Å². The molecule has 2 unspecified atom stereocenters. The molecule has 4 aliphatic rings. The Kier molecular flexibility index (Phi) is 5.93. The zero-order valence-corrected chi connectivity index (χ0v) is 18.9. The summed E-state index contributed by atoms with van der Waals surface area (Å²) in [6, 6.07) is 4.36. The molecule has 31 heavy (non-hydrogen) atoms. The van der Waals surface area contributed by atoms with Crippen LogP contribution in [0, 0.1) is 5.92 Å². The highest BCUT2D eigenvalue weighted by atomic mass is 32.2.